The molecular weight excluding hydrogens is 453 g/mol. The Morgan fingerprint density at radius 3 is 2.71 bits per heavy atom. The molecule has 9 heteroatoms. The normalized spacial score (nSPS) is 15.4. The molecule has 1 fully saturated rings. The minimum Gasteiger partial charge on any atom is -0.488 e. The van der Waals surface area contributed by atoms with Crippen molar-refractivity contribution in [1.29, 1.82) is 0 Å². The fourth-order valence-electron chi connectivity index (χ4n) is 2.43. The van der Waals surface area contributed by atoms with E-state index >= 15 is 0 Å². The number of carbonyl (C=O) groups excluding carboxylic acids is 2. The number of amides is 2. The summed E-state index contributed by atoms with van der Waals surface area (Å²) in [5, 5.41) is 8.17. The van der Waals surface area contributed by atoms with Crippen molar-refractivity contribution in [2.75, 3.05) is 6.54 Å². The van der Waals surface area contributed by atoms with Gasteiger partial charge in [0.2, 0.25) is 0 Å². The highest BCUT2D eigenvalue weighted by atomic mass is 79.9. The van der Waals surface area contributed by atoms with E-state index in [0.29, 0.717) is 38.0 Å². The van der Waals surface area contributed by atoms with Crippen molar-refractivity contribution in [3.8, 4) is 5.75 Å². The van der Waals surface area contributed by atoms with Crippen LogP contribution in [-0.2, 0) is 16.2 Å². The molecule has 0 spiro atoms. The van der Waals surface area contributed by atoms with Gasteiger partial charge in [0.25, 0.3) is 11.1 Å². The summed E-state index contributed by atoms with van der Waals surface area (Å²) in [6.45, 7) is -0.484. The van der Waals surface area contributed by atoms with Crippen molar-refractivity contribution >= 4 is 50.9 Å². The monoisotopic (exact) mass is 465 g/mol. The van der Waals surface area contributed by atoms with Crippen LogP contribution in [0.3, 0.4) is 0 Å². The molecule has 0 aromatic heterocycles. The molecule has 0 saturated carbocycles. The number of hydrogen-bond acceptors (Lipinski definition) is 5. The molecule has 2 aromatic rings. The maximum Gasteiger partial charge on any atom is 0.323 e. The van der Waals surface area contributed by atoms with E-state index in [2.05, 4.69) is 15.9 Å². The van der Waals surface area contributed by atoms with Crippen LogP contribution in [0.15, 0.2) is 51.8 Å². The number of rotatable bonds is 6. The summed E-state index contributed by atoms with van der Waals surface area (Å²) in [6.07, 6.45) is 1.51. The predicted octanol–water partition coefficient (Wildman–Crippen LogP) is 4.29. The lowest BCUT2D eigenvalue weighted by atomic mass is 10.2. The Balaban J connectivity index is 1.72. The highest BCUT2D eigenvalue weighted by molar-refractivity contribution is 9.10. The van der Waals surface area contributed by atoms with Crippen molar-refractivity contribution in [3.05, 3.63) is 68.8 Å². The summed E-state index contributed by atoms with van der Waals surface area (Å²) < 4.78 is 19.5. The molecule has 6 nitrogen and oxygen atoms in total. The van der Waals surface area contributed by atoms with E-state index in [1.807, 2.05) is 0 Å². The van der Waals surface area contributed by atoms with Gasteiger partial charge in [-0.1, -0.05) is 18.2 Å². The van der Waals surface area contributed by atoms with Crippen LogP contribution in [-0.4, -0.2) is 33.7 Å². The molecule has 0 unspecified atom stereocenters. The highest BCUT2D eigenvalue weighted by Crippen LogP contribution is 2.34. The van der Waals surface area contributed by atoms with Crippen molar-refractivity contribution in [2.45, 2.75) is 6.61 Å². The molecule has 0 bridgehead atoms. The third-order valence-corrected chi connectivity index (χ3v) is 5.23. The van der Waals surface area contributed by atoms with E-state index in [-0.39, 0.29) is 17.3 Å². The average molecular weight is 466 g/mol. The van der Waals surface area contributed by atoms with E-state index in [1.54, 1.807) is 30.3 Å². The number of benzene rings is 2. The molecule has 0 aliphatic carbocycles. The van der Waals surface area contributed by atoms with Crippen LogP contribution in [0.2, 0.25) is 0 Å². The summed E-state index contributed by atoms with van der Waals surface area (Å²) in [7, 11) is 0. The number of thioether (sulfide) groups is 1. The van der Waals surface area contributed by atoms with Gasteiger partial charge in [-0.2, -0.15) is 0 Å². The zero-order valence-corrected chi connectivity index (χ0v) is 16.6. The zero-order chi connectivity index (χ0) is 20.3. The molecule has 1 N–H and O–H groups in total. The minimum absolute atomic E-state index is 0.145. The van der Waals surface area contributed by atoms with Crippen molar-refractivity contribution in [1.82, 2.24) is 4.90 Å². The molecule has 3 rings (SSSR count). The van der Waals surface area contributed by atoms with E-state index < -0.39 is 23.7 Å². The molecular formula is C19H13BrFNO5S. The molecule has 1 aliphatic heterocycles. The summed E-state index contributed by atoms with van der Waals surface area (Å²) >= 11 is 4.07. The summed E-state index contributed by atoms with van der Waals surface area (Å²) in [5.41, 5.74) is 1.31. The zero-order valence-electron chi connectivity index (χ0n) is 14.2. The van der Waals surface area contributed by atoms with E-state index in [0.717, 1.165) is 0 Å². The van der Waals surface area contributed by atoms with Gasteiger partial charge in [-0.25, -0.2) is 4.39 Å². The Hall–Kier alpha value is -2.65. The third kappa shape index (κ3) is 4.79. The Morgan fingerprint density at radius 1 is 1.25 bits per heavy atom. The molecule has 2 amide bonds. The predicted molar refractivity (Wildman–Crippen MR) is 105 cm³/mol. The summed E-state index contributed by atoms with van der Waals surface area (Å²) in [5.74, 6) is -1.71. The van der Waals surface area contributed by atoms with E-state index in [9.17, 15) is 18.8 Å². The number of imide groups is 1. The molecule has 2 aromatic carbocycles. The third-order valence-electron chi connectivity index (χ3n) is 3.70. The number of carboxylic acids is 1. The SMILES string of the molecule is O=C(O)CN1C(=O)S/C(=C/c2ccc(OCc3cccc(F)c3)c(Br)c2)C1=O. The minimum atomic E-state index is -1.26. The van der Waals surface area contributed by atoms with Crippen LogP contribution in [0.4, 0.5) is 9.18 Å². The lowest BCUT2D eigenvalue weighted by molar-refractivity contribution is -0.140. The van der Waals surface area contributed by atoms with Gasteiger partial charge in [0.15, 0.2) is 0 Å². The number of halogens is 2. The van der Waals surface area contributed by atoms with E-state index in [4.69, 9.17) is 9.84 Å². The fraction of sp³-hybridized carbons (Fsp3) is 0.105. The van der Waals surface area contributed by atoms with Gasteiger partial charge in [-0.15, -0.1) is 0 Å². The van der Waals surface area contributed by atoms with Gasteiger partial charge in [-0.3, -0.25) is 19.3 Å². The van der Waals surface area contributed by atoms with Gasteiger partial charge in [0, 0.05) is 0 Å². The maximum absolute atomic E-state index is 13.2. The van der Waals surface area contributed by atoms with Crippen LogP contribution >= 0.6 is 27.7 Å². The van der Waals surface area contributed by atoms with Crippen LogP contribution in [0, 0.1) is 5.82 Å². The lowest BCUT2D eigenvalue weighted by Crippen LogP contribution is -2.33. The Kier molecular flexibility index (Phi) is 6.15. The molecule has 1 heterocycles. The van der Waals surface area contributed by atoms with Gasteiger partial charge in [-0.05, 0) is 69.2 Å². The number of aliphatic carboxylic acids is 1. The quantitative estimate of drug-likeness (QED) is 0.640. The van der Waals surface area contributed by atoms with Crippen LogP contribution in [0.5, 0.6) is 5.75 Å². The first kappa shape index (κ1) is 20.1. The number of ether oxygens (including phenoxy) is 1. The average Bonchev–Trinajstić information content (AvgIpc) is 2.88. The van der Waals surface area contributed by atoms with Crippen molar-refractivity contribution in [3.63, 3.8) is 0 Å². The number of nitrogens with zero attached hydrogens (tertiary/aromatic N) is 1. The van der Waals surface area contributed by atoms with Crippen molar-refractivity contribution in [2.24, 2.45) is 0 Å². The van der Waals surface area contributed by atoms with Crippen LogP contribution in [0.25, 0.3) is 6.08 Å². The second kappa shape index (κ2) is 8.57. The smallest absolute Gasteiger partial charge is 0.323 e. The summed E-state index contributed by atoms with van der Waals surface area (Å²) in [4.78, 5) is 35.6. The van der Waals surface area contributed by atoms with Gasteiger partial charge in [0.1, 0.15) is 24.7 Å². The number of carboxylic acid groups (broad SMARTS) is 1. The Morgan fingerprint density at radius 2 is 2.04 bits per heavy atom. The first-order valence-electron chi connectivity index (χ1n) is 7.97. The molecule has 144 valence electrons. The Labute approximate surface area is 172 Å². The largest absolute Gasteiger partial charge is 0.488 e. The van der Waals surface area contributed by atoms with E-state index in [1.165, 1.54) is 18.2 Å². The summed E-state index contributed by atoms with van der Waals surface area (Å²) in [6, 6.07) is 11.2. The molecule has 1 saturated heterocycles. The first-order chi connectivity index (χ1) is 13.3. The lowest BCUT2D eigenvalue weighted by Gasteiger charge is -2.09. The van der Waals surface area contributed by atoms with Gasteiger partial charge >= 0.3 is 5.97 Å². The second-order valence-electron chi connectivity index (χ2n) is 5.77. The standard InChI is InChI=1S/C19H13BrFNO5S/c20-14-7-11(8-16-18(25)22(9-17(23)24)19(26)28-16)4-5-15(14)27-10-12-2-1-3-13(21)6-12/h1-8H,9-10H2,(H,23,24)/b16-8+. The first-order valence-corrected chi connectivity index (χ1v) is 9.58. The van der Waals surface area contributed by atoms with Gasteiger partial charge < -0.3 is 9.84 Å². The Bertz CT molecular complexity index is 994. The maximum atomic E-state index is 13.2. The second-order valence-corrected chi connectivity index (χ2v) is 7.62. The number of carbonyl (C=O) groups is 3. The fourth-order valence-corrected chi connectivity index (χ4v) is 3.78. The molecule has 0 radical (unpaired) electrons. The molecule has 1 aliphatic rings. The van der Waals surface area contributed by atoms with Crippen LogP contribution in [0.1, 0.15) is 11.1 Å². The van der Waals surface area contributed by atoms with Crippen LogP contribution < -0.4 is 4.74 Å². The van der Waals surface area contributed by atoms with Crippen molar-refractivity contribution < 1.29 is 28.6 Å². The number of hydrogen-bond donors (Lipinski definition) is 1. The topological polar surface area (TPSA) is 83.9 Å². The van der Waals surface area contributed by atoms with Gasteiger partial charge in [0.05, 0.1) is 9.38 Å². The molecule has 28 heavy (non-hydrogen) atoms. The molecule has 0 atom stereocenters. The highest BCUT2D eigenvalue weighted by Gasteiger charge is 2.36.